The second kappa shape index (κ2) is 7.20. The molecule has 1 rings (SSSR count). The molecule has 0 fully saturated rings. The minimum Gasteiger partial charge on any atom is -0.312 e. The number of nitrogens with one attached hydrogen (secondary N) is 1. The zero-order valence-electron chi connectivity index (χ0n) is 10.4. The summed E-state index contributed by atoms with van der Waals surface area (Å²) >= 11 is 0. The van der Waals surface area contributed by atoms with Gasteiger partial charge in [0, 0.05) is 26.2 Å². The third kappa shape index (κ3) is 4.60. The van der Waals surface area contributed by atoms with Gasteiger partial charge in [-0.15, -0.1) is 6.58 Å². The third-order valence-electron chi connectivity index (χ3n) is 2.66. The molecule has 2 nitrogen and oxygen atoms in total. The molecule has 0 atom stereocenters. The Kier molecular flexibility index (Phi) is 5.83. The summed E-state index contributed by atoms with van der Waals surface area (Å²) in [5, 5.41) is 3.31. The van der Waals surface area contributed by atoms with Crippen LogP contribution in [0.1, 0.15) is 11.1 Å². The van der Waals surface area contributed by atoms with Crippen molar-refractivity contribution in [3.8, 4) is 0 Å². The maximum Gasteiger partial charge on any atom is 0.0233 e. The van der Waals surface area contributed by atoms with Gasteiger partial charge in [-0.05, 0) is 25.1 Å². The van der Waals surface area contributed by atoms with Crippen LogP contribution in [0.15, 0.2) is 36.9 Å². The van der Waals surface area contributed by atoms with Gasteiger partial charge in [0.05, 0.1) is 0 Å². The first-order chi connectivity index (χ1) is 7.74. The van der Waals surface area contributed by atoms with Crippen molar-refractivity contribution in [1.82, 2.24) is 10.2 Å². The molecule has 0 unspecified atom stereocenters. The standard InChI is InChI=1S/C14H22N2/c1-4-9-15-10-11-16(3)12-14-8-6-5-7-13(14)2/h4-8,15H,1,9-12H2,2-3H3. The SMILES string of the molecule is C=CCNCCN(C)Cc1ccccc1C. The maximum atomic E-state index is 3.68. The molecule has 0 heterocycles. The monoisotopic (exact) mass is 218 g/mol. The summed E-state index contributed by atoms with van der Waals surface area (Å²) in [5.41, 5.74) is 2.78. The lowest BCUT2D eigenvalue weighted by Crippen LogP contribution is -2.29. The van der Waals surface area contributed by atoms with Gasteiger partial charge in [-0.1, -0.05) is 30.3 Å². The second-order valence-electron chi connectivity index (χ2n) is 4.16. The molecule has 0 saturated heterocycles. The number of rotatable bonds is 7. The predicted octanol–water partition coefficient (Wildman–Crippen LogP) is 2.20. The van der Waals surface area contributed by atoms with Crippen LogP contribution in [0.4, 0.5) is 0 Å². The maximum absolute atomic E-state index is 3.68. The van der Waals surface area contributed by atoms with Crippen LogP contribution in [0, 0.1) is 6.92 Å². The molecule has 1 N–H and O–H groups in total. The summed E-state index contributed by atoms with van der Waals surface area (Å²) < 4.78 is 0. The van der Waals surface area contributed by atoms with Crippen molar-refractivity contribution in [3.05, 3.63) is 48.0 Å². The molecule has 0 aromatic heterocycles. The molecule has 2 heteroatoms. The molecule has 0 radical (unpaired) electrons. The van der Waals surface area contributed by atoms with Crippen molar-refractivity contribution in [1.29, 1.82) is 0 Å². The van der Waals surface area contributed by atoms with Gasteiger partial charge in [0.15, 0.2) is 0 Å². The van der Waals surface area contributed by atoms with Gasteiger partial charge < -0.3 is 10.2 Å². The molecule has 0 aliphatic heterocycles. The first-order valence-corrected chi connectivity index (χ1v) is 5.78. The average molecular weight is 218 g/mol. The number of nitrogens with zero attached hydrogens (tertiary/aromatic N) is 1. The smallest absolute Gasteiger partial charge is 0.0233 e. The number of likely N-dealkylation sites (N-methyl/N-ethyl adjacent to an activating group) is 1. The lowest BCUT2D eigenvalue weighted by molar-refractivity contribution is 0.326. The molecule has 0 spiro atoms. The fourth-order valence-corrected chi connectivity index (χ4v) is 1.63. The van der Waals surface area contributed by atoms with Crippen LogP contribution in [-0.2, 0) is 6.54 Å². The quantitative estimate of drug-likeness (QED) is 0.557. The summed E-state index contributed by atoms with van der Waals surface area (Å²) in [5.74, 6) is 0. The highest BCUT2D eigenvalue weighted by Crippen LogP contribution is 2.08. The topological polar surface area (TPSA) is 15.3 Å². The van der Waals surface area contributed by atoms with Crippen molar-refractivity contribution in [3.63, 3.8) is 0 Å². The number of hydrogen-bond donors (Lipinski definition) is 1. The zero-order chi connectivity index (χ0) is 11.8. The molecule has 0 aliphatic carbocycles. The zero-order valence-corrected chi connectivity index (χ0v) is 10.4. The highest BCUT2D eigenvalue weighted by Gasteiger charge is 2.01. The predicted molar refractivity (Wildman–Crippen MR) is 70.6 cm³/mol. The molecule has 16 heavy (non-hydrogen) atoms. The van der Waals surface area contributed by atoms with Gasteiger partial charge >= 0.3 is 0 Å². The Morgan fingerprint density at radius 1 is 1.38 bits per heavy atom. The summed E-state index contributed by atoms with van der Waals surface area (Å²) in [7, 11) is 2.15. The highest BCUT2D eigenvalue weighted by molar-refractivity contribution is 5.25. The van der Waals surface area contributed by atoms with E-state index in [4.69, 9.17) is 0 Å². The van der Waals surface area contributed by atoms with Crippen LogP contribution in [0.2, 0.25) is 0 Å². The van der Waals surface area contributed by atoms with Crippen LogP contribution < -0.4 is 5.32 Å². The highest BCUT2D eigenvalue weighted by atomic mass is 15.1. The Bertz CT molecular complexity index is 320. The number of aryl methyl sites for hydroxylation is 1. The van der Waals surface area contributed by atoms with Crippen molar-refractivity contribution in [2.24, 2.45) is 0 Å². The molecular weight excluding hydrogens is 196 g/mol. The largest absolute Gasteiger partial charge is 0.312 e. The molecule has 1 aromatic rings. The average Bonchev–Trinajstić information content (AvgIpc) is 2.28. The van der Waals surface area contributed by atoms with E-state index in [9.17, 15) is 0 Å². The minimum atomic E-state index is 0.887. The third-order valence-corrected chi connectivity index (χ3v) is 2.66. The van der Waals surface area contributed by atoms with E-state index < -0.39 is 0 Å². The summed E-state index contributed by atoms with van der Waals surface area (Å²) in [6.45, 7) is 9.82. The molecule has 0 saturated carbocycles. The van der Waals surface area contributed by atoms with Crippen molar-refractivity contribution in [2.45, 2.75) is 13.5 Å². The van der Waals surface area contributed by atoms with Gasteiger partial charge in [0.1, 0.15) is 0 Å². The minimum absolute atomic E-state index is 0.887. The van der Waals surface area contributed by atoms with Crippen molar-refractivity contribution < 1.29 is 0 Å². The van der Waals surface area contributed by atoms with E-state index in [0.717, 1.165) is 26.2 Å². The van der Waals surface area contributed by atoms with Crippen LogP contribution in [0.25, 0.3) is 0 Å². The van der Waals surface area contributed by atoms with Gasteiger partial charge in [0.2, 0.25) is 0 Å². The van der Waals surface area contributed by atoms with E-state index in [1.54, 1.807) is 0 Å². The summed E-state index contributed by atoms with van der Waals surface area (Å²) in [6, 6.07) is 8.55. The first-order valence-electron chi connectivity index (χ1n) is 5.78. The molecule has 88 valence electrons. The van der Waals surface area contributed by atoms with Crippen molar-refractivity contribution in [2.75, 3.05) is 26.7 Å². The van der Waals surface area contributed by atoms with Gasteiger partial charge in [0.25, 0.3) is 0 Å². The van der Waals surface area contributed by atoms with E-state index in [-0.39, 0.29) is 0 Å². The fourth-order valence-electron chi connectivity index (χ4n) is 1.63. The Hall–Kier alpha value is -1.12. The Morgan fingerprint density at radius 2 is 2.12 bits per heavy atom. The Balaban J connectivity index is 2.31. The van der Waals surface area contributed by atoms with Crippen LogP contribution in [0.3, 0.4) is 0 Å². The molecule has 0 bridgehead atoms. The molecule has 1 aromatic carbocycles. The molecular formula is C14H22N2. The second-order valence-corrected chi connectivity index (χ2v) is 4.16. The first kappa shape index (κ1) is 12.9. The van der Waals surface area contributed by atoms with Crippen LogP contribution in [0.5, 0.6) is 0 Å². The van der Waals surface area contributed by atoms with Gasteiger partial charge in [-0.2, -0.15) is 0 Å². The van der Waals surface area contributed by atoms with E-state index in [1.807, 2.05) is 6.08 Å². The Morgan fingerprint density at radius 3 is 2.81 bits per heavy atom. The van der Waals surface area contributed by atoms with E-state index in [0.29, 0.717) is 0 Å². The van der Waals surface area contributed by atoms with Crippen LogP contribution in [-0.4, -0.2) is 31.6 Å². The van der Waals surface area contributed by atoms with Crippen molar-refractivity contribution >= 4 is 0 Å². The fraction of sp³-hybridized carbons (Fsp3) is 0.429. The lowest BCUT2D eigenvalue weighted by Gasteiger charge is -2.18. The summed E-state index contributed by atoms with van der Waals surface area (Å²) in [4.78, 5) is 2.33. The normalized spacial score (nSPS) is 10.7. The Labute approximate surface area is 99.0 Å². The van der Waals surface area contributed by atoms with Gasteiger partial charge in [-0.25, -0.2) is 0 Å². The van der Waals surface area contributed by atoms with Crippen LogP contribution >= 0.6 is 0 Å². The van der Waals surface area contributed by atoms with E-state index in [1.165, 1.54) is 11.1 Å². The number of benzene rings is 1. The van der Waals surface area contributed by atoms with E-state index >= 15 is 0 Å². The summed E-state index contributed by atoms with van der Waals surface area (Å²) in [6.07, 6.45) is 1.89. The van der Waals surface area contributed by atoms with E-state index in [2.05, 4.69) is 55.0 Å². The molecule has 0 amide bonds. The lowest BCUT2D eigenvalue weighted by atomic mass is 10.1. The van der Waals surface area contributed by atoms with Gasteiger partial charge in [-0.3, -0.25) is 0 Å². The number of hydrogen-bond acceptors (Lipinski definition) is 2. The molecule has 0 aliphatic rings.